The molecule has 0 fully saturated rings. The van der Waals surface area contributed by atoms with Gasteiger partial charge in [-0.15, -0.1) is 0 Å². The van der Waals surface area contributed by atoms with Crippen molar-refractivity contribution in [3.63, 3.8) is 0 Å². The Labute approximate surface area is 236 Å². The summed E-state index contributed by atoms with van der Waals surface area (Å²) < 4.78 is 10.5. The molecule has 40 heavy (non-hydrogen) atoms. The molecule has 3 N–H and O–H groups in total. The maximum Gasteiger partial charge on any atom is 0.410 e. The monoisotopic (exact) mass is 566 g/mol. The molecular weight excluding hydrogens is 520 g/mol. The molecule has 0 aliphatic heterocycles. The third-order valence-electron chi connectivity index (χ3n) is 6.77. The Balaban J connectivity index is 3.26. The van der Waals surface area contributed by atoms with E-state index >= 15 is 0 Å². The van der Waals surface area contributed by atoms with Crippen LogP contribution in [0.15, 0.2) is 23.0 Å². The van der Waals surface area contributed by atoms with Gasteiger partial charge in [0.05, 0.1) is 12.5 Å². The van der Waals surface area contributed by atoms with E-state index in [9.17, 15) is 29.1 Å². The van der Waals surface area contributed by atoms with E-state index in [1.807, 2.05) is 6.92 Å². The number of carboxylic acids is 1. The highest BCUT2D eigenvalue weighted by Crippen LogP contribution is 2.16. The van der Waals surface area contributed by atoms with Crippen molar-refractivity contribution < 1.29 is 38.2 Å². The Morgan fingerprint density at radius 3 is 2.00 bits per heavy atom. The fraction of sp³-hybridized carbons (Fsp3) is 0.679. The second kappa shape index (κ2) is 14.7. The number of nitrogens with one attached hydrogen (secondary N) is 2. The van der Waals surface area contributed by atoms with Crippen LogP contribution < -0.4 is 10.6 Å². The fourth-order valence-electron chi connectivity index (χ4n) is 3.85. The normalized spacial score (nSPS) is 15.3. The Hall–Kier alpha value is -3.57. The van der Waals surface area contributed by atoms with E-state index in [4.69, 9.17) is 9.15 Å². The van der Waals surface area contributed by atoms with Crippen molar-refractivity contribution in [2.24, 2.45) is 11.8 Å². The number of carbonyl (C=O) groups is 5. The summed E-state index contributed by atoms with van der Waals surface area (Å²) in [5.41, 5.74) is -0.118. The molecule has 0 saturated carbocycles. The van der Waals surface area contributed by atoms with Crippen LogP contribution in [-0.4, -0.2) is 88.6 Å². The lowest BCUT2D eigenvalue weighted by Gasteiger charge is -2.34. The number of ether oxygens (including phenoxy) is 1. The Morgan fingerprint density at radius 1 is 0.975 bits per heavy atom. The molecule has 12 nitrogen and oxygen atoms in total. The van der Waals surface area contributed by atoms with Gasteiger partial charge in [0, 0.05) is 20.5 Å². The van der Waals surface area contributed by atoms with Crippen LogP contribution in [0, 0.1) is 11.8 Å². The molecule has 0 aliphatic carbocycles. The molecule has 0 saturated heterocycles. The summed E-state index contributed by atoms with van der Waals surface area (Å²) in [4.78, 5) is 66.9. The number of furan rings is 1. The van der Waals surface area contributed by atoms with E-state index in [0.29, 0.717) is 12.0 Å². The van der Waals surface area contributed by atoms with E-state index in [2.05, 4.69) is 10.6 Å². The van der Waals surface area contributed by atoms with Gasteiger partial charge in [-0.2, -0.15) is 0 Å². The van der Waals surface area contributed by atoms with E-state index < -0.39 is 59.6 Å². The predicted octanol–water partition coefficient (Wildman–Crippen LogP) is 2.66. The average Bonchev–Trinajstić information content (AvgIpc) is 3.38. The molecule has 0 bridgehead atoms. The zero-order chi connectivity index (χ0) is 30.9. The molecule has 1 heterocycles. The number of amides is 4. The van der Waals surface area contributed by atoms with Gasteiger partial charge < -0.3 is 29.8 Å². The van der Waals surface area contributed by atoms with Crippen molar-refractivity contribution in [3.05, 3.63) is 24.2 Å². The molecule has 0 unspecified atom stereocenters. The van der Waals surface area contributed by atoms with Crippen molar-refractivity contribution in [1.29, 1.82) is 0 Å². The van der Waals surface area contributed by atoms with Gasteiger partial charge in [-0.3, -0.25) is 19.3 Å². The Kier molecular flexibility index (Phi) is 12.7. The quantitative estimate of drug-likeness (QED) is 0.329. The maximum absolute atomic E-state index is 13.7. The number of hydrogen-bond acceptors (Lipinski definition) is 7. The number of carboxylic acid groups (broad SMARTS) is 1. The smallest absolute Gasteiger partial charge is 0.410 e. The molecule has 5 atom stereocenters. The van der Waals surface area contributed by atoms with Gasteiger partial charge in [-0.05, 0) is 51.2 Å². The maximum atomic E-state index is 13.7. The lowest BCUT2D eigenvalue weighted by molar-refractivity contribution is -0.145. The summed E-state index contributed by atoms with van der Waals surface area (Å²) in [6.45, 7) is 13.6. The lowest BCUT2D eigenvalue weighted by Crippen LogP contribution is -2.60. The molecule has 0 aliphatic rings. The van der Waals surface area contributed by atoms with Gasteiger partial charge in [-0.25, -0.2) is 9.59 Å². The fourth-order valence-corrected chi connectivity index (χ4v) is 3.85. The van der Waals surface area contributed by atoms with E-state index in [1.54, 1.807) is 47.6 Å². The number of likely N-dealkylation sites (N-methyl/N-ethyl adjacent to an activating group) is 2. The zero-order valence-electron chi connectivity index (χ0n) is 25.3. The van der Waals surface area contributed by atoms with Crippen molar-refractivity contribution in [2.45, 2.75) is 98.0 Å². The van der Waals surface area contributed by atoms with Crippen molar-refractivity contribution in [2.75, 3.05) is 14.1 Å². The number of rotatable bonds is 13. The Morgan fingerprint density at radius 2 is 1.55 bits per heavy atom. The second-order valence-corrected chi connectivity index (χ2v) is 11.5. The summed E-state index contributed by atoms with van der Waals surface area (Å²) in [6, 6.07) is -2.55. The molecule has 1 aromatic heterocycles. The first-order valence-electron chi connectivity index (χ1n) is 13.5. The van der Waals surface area contributed by atoms with Crippen LogP contribution in [0.5, 0.6) is 0 Å². The molecule has 4 amide bonds. The molecule has 1 aromatic rings. The topological polar surface area (TPSA) is 158 Å². The SMILES string of the molecule is CC[C@H](C)[C@@H](NC(=O)[C@@H](Cc1ccoc1)N(C)C(=O)[C@H](C)N(C)C(=O)OC(C)(C)C)C(=O)N[C@@H](C(=O)O)C(C)C. The van der Waals surface area contributed by atoms with Gasteiger partial charge in [0.25, 0.3) is 0 Å². The standard InChI is InChI=1S/C28H46N4O8/c1-11-17(4)22(24(34)29-21(16(2)3)26(36)37)30-23(33)20(14-19-12-13-39-15-19)32(10)25(35)18(5)31(9)27(38)40-28(6,7)8/h12-13,15-18,20-22H,11,14H2,1-10H3,(H,29,34)(H,30,33)(H,36,37)/t17-,18-,20+,21+,22+/m0/s1. The molecule has 0 aromatic carbocycles. The number of nitrogens with zero attached hydrogens (tertiary/aromatic N) is 2. The summed E-state index contributed by atoms with van der Waals surface area (Å²) in [5.74, 6) is -3.65. The van der Waals surface area contributed by atoms with Crippen LogP contribution in [0.4, 0.5) is 4.79 Å². The first-order chi connectivity index (χ1) is 18.4. The highest BCUT2D eigenvalue weighted by molar-refractivity contribution is 5.94. The minimum Gasteiger partial charge on any atom is -0.480 e. The van der Waals surface area contributed by atoms with Gasteiger partial charge in [0.15, 0.2) is 0 Å². The van der Waals surface area contributed by atoms with Gasteiger partial charge in [0.2, 0.25) is 17.7 Å². The molecule has 0 spiro atoms. The minimum absolute atomic E-state index is 0.0754. The van der Waals surface area contributed by atoms with Crippen LogP contribution in [0.25, 0.3) is 0 Å². The van der Waals surface area contributed by atoms with E-state index in [1.165, 1.54) is 38.4 Å². The van der Waals surface area contributed by atoms with Crippen LogP contribution >= 0.6 is 0 Å². The highest BCUT2D eigenvalue weighted by atomic mass is 16.6. The van der Waals surface area contributed by atoms with Crippen LogP contribution in [0.1, 0.15) is 67.4 Å². The first kappa shape index (κ1) is 34.5. The summed E-state index contributed by atoms with van der Waals surface area (Å²) in [7, 11) is 2.89. The summed E-state index contributed by atoms with van der Waals surface area (Å²) in [6.07, 6.45) is 2.80. The molecular formula is C28H46N4O8. The number of aliphatic carboxylic acids is 1. The van der Waals surface area contributed by atoms with E-state index in [-0.39, 0.29) is 18.3 Å². The van der Waals surface area contributed by atoms with E-state index in [0.717, 1.165) is 4.90 Å². The highest BCUT2D eigenvalue weighted by Gasteiger charge is 2.37. The van der Waals surface area contributed by atoms with Crippen LogP contribution in [0.2, 0.25) is 0 Å². The lowest BCUT2D eigenvalue weighted by atomic mass is 9.95. The summed E-state index contributed by atoms with van der Waals surface area (Å²) >= 11 is 0. The van der Waals surface area contributed by atoms with Gasteiger partial charge in [0.1, 0.15) is 29.8 Å². The third kappa shape index (κ3) is 9.87. The van der Waals surface area contributed by atoms with Gasteiger partial charge in [-0.1, -0.05) is 34.1 Å². The second-order valence-electron chi connectivity index (χ2n) is 11.5. The molecule has 0 radical (unpaired) electrons. The third-order valence-corrected chi connectivity index (χ3v) is 6.77. The largest absolute Gasteiger partial charge is 0.480 e. The predicted molar refractivity (Wildman–Crippen MR) is 148 cm³/mol. The van der Waals surface area contributed by atoms with Gasteiger partial charge >= 0.3 is 12.1 Å². The van der Waals surface area contributed by atoms with Crippen molar-refractivity contribution >= 4 is 29.8 Å². The zero-order valence-corrected chi connectivity index (χ0v) is 25.3. The molecule has 226 valence electrons. The number of carbonyl (C=O) groups excluding carboxylic acids is 4. The van der Waals surface area contributed by atoms with Crippen LogP contribution in [0.3, 0.4) is 0 Å². The summed E-state index contributed by atoms with van der Waals surface area (Å²) in [5, 5.41) is 14.8. The van der Waals surface area contributed by atoms with Crippen molar-refractivity contribution in [3.8, 4) is 0 Å². The number of hydrogen-bond donors (Lipinski definition) is 3. The average molecular weight is 567 g/mol. The molecule has 1 rings (SSSR count). The minimum atomic E-state index is -1.18. The Bertz CT molecular complexity index is 1020. The molecule has 12 heteroatoms. The van der Waals surface area contributed by atoms with Crippen molar-refractivity contribution in [1.82, 2.24) is 20.4 Å². The van der Waals surface area contributed by atoms with Crippen LogP contribution in [-0.2, 0) is 30.3 Å². The first-order valence-corrected chi connectivity index (χ1v) is 13.5.